The largest absolute Gasteiger partial charge is 0.494 e. The summed E-state index contributed by atoms with van der Waals surface area (Å²) in [5, 5.41) is 9.10. The molecule has 0 spiro atoms. The summed E-state index contributed by atoms with van der Waals surface area (Å²) >= 11 is 3.50. The number of ether oxygens (including phenoxy) is 2. The number of nitrogens with zero attached hydrogens (tertiary/aromatic N) is 1. The van der Waals surface area contributed by atoms with E-state index in [4.69, 9.17) is 19.6 Å². The van der Waals surface area contributed by atoms with Crippen molar-refractivity contribution in [2.45, 2.75) is 30.9 Å². The van der Waals surface area contributed by atoms with Crippen LogP contribution in [0, 0.1) is 11.6 Å². The molecule has 0 saturated carbocycles. The lowest BCUT2D eigenvalue weighted by molar-refractivity contribution is -0.130. The number of hydrogen-bond donors (Lipinski definition) is 3. The lowest BCUT2D eigenvalue weighted by atomic mass is 9.82. The second kappa shape index (κ2) is 16.2. The van der Waals surface area contributed by atoms with Crippen LogP contribution >= 0.6 is 15.9 Å². The molecule has 0 aromatic heterocycles. The van der Waals surface area contributed by atoms with Crippen molar-refractivity contribution < 1.29 is 28.2 Å². The third-order valence-electron chi connectivity index (χ3n) is 8.40. The lowest BCUT2D eigenvalue weighted by Gasteiger charge is -2.31. The van der Waals surface area contributed by atoms with Crippen molar-refractivity contribution in [3.8, 4) is 16.9 Å². The maximum atomic E-state index is 14.5. The van der Waals surface area contributed by atoms with Crippen LogP contribution in [-0.2, 0) is 22.4 Å². The number of hydrazine groups is 1. The number of benzene rings is 5. The van der Waals surface area contributed by atoms with Gasteiger partial charge in [-0.15, -0.1) is 0 Å². The average molecular weight is 741 g/mol. The number of carbonyl (C=O) groups is 1. The lowest BCUT2D eigenvalue weighted by Crippen LogP contribution is -2.54. The second-order valence-electron chi connectivity index (χ2n) is 12.0. The molecule has 1 aliphatic rings. The number of aliphatic hydroxyl groups excluding tert-OH is 1. The van der Waals surface area contributed by atoms with E-state index in [1.165, 1.54) is 12.1 Å². The summed E-state index contributed by atoms with van der Waals surface area (Å²) in [4.78, 5) is 19.5. The summed E-state index contributed by atoms with van der Waals surface area (Å²) in [5.74, 6) is -0.815. The van der Waals surface area contributed by atoms with E-state index >= 15 is 0 Å². The highest BCUT2D eigenvalue weighted by atomic mass is 79.9. The number of amides is 1. The third kappa shape index (κ3) is 8.45. The van der Waals surface area contributed by atoms with E-state index in [9.17, 15) is 13.6 Å². The van der Waals surface area contributed by atoms with Gasteiger partial charge in [0.2, 0.25) is 5.90 Å². The van der Waals surface area contributed by atoms with Crippen LogP contribution in [0.5, 0.6) is 5.75 Å². The zero-order chi connectivity index (χ0) is 34.9. The maximum Gasteiger partial charge on any atom is 0.266 e. The van der Waals surface area contributed by atoms with Gasteiger partial charge in [-0.1, -0.05) is 82.7 Å². The SMILES string of the molecule is O=C(NNCCc1cc(F)cc(F)c1)[C@@]1(Cc2ccc(Br)cc2)N=C(c2ccc(OCCCO)cc2)O[C@H]1c1ccc(-c2ccccc2)cc1. The molecule has 3 N–H and O–H groups in total. The number of aliphatic imine (C=N–C) groups is 1. The van der Waals surface area contributed by atoms with Gasteiger partial charge in [0.05, 0.1) is 6.61 Å². The Hall–Kier alpha value is -4.90. The Balaban J connectivity index is 1.34. The maximum absolute atomic E-state index is 14.5. The van der Waals surface area contributed by atoms with E-state index in [0.717, 1.165) is 32.8 Å². The number of halogens is 3. The molecule has 0 saturated heterocycles. The van der Waals surface area contributed by atoms with Crippen LogP contribution in [0.3, 0.4) is 0 Å². The topological polar surface area (TPSA) is 92.2 Å². The van der Waals surface area contributed by atoms with Gasteiger partial charge in [0.1, 0.15) is 17.4 Å². The Morgan fingerprint density at radius 2 is 1.50 bits per heavy atom. The fraction of sp³-hybridized carbons (Fsp3) is 0.200. The van der Waals surface area contributed by atoms with Gasteiger partial charge in [0, 0.05) is 42.1 Å². The minimum atomic E-state index is -1.45. The third-order valence-corrected chi connectivity index (χ3v) is 8.93. The summed E-state index contributed by atoms with van der Waals surface area (Å²) in [6, 6.07) is 36.2. The molecule has 5 aromatic rings. The summed E-state index contributed by atoms with van der Waals surface area (Å²) in [6.07, 6.45) is 0.186. The average Bonchev–Trinajstić information content (AvgIpc) is 3.52. The first-order valence-electron chi connectivity index (χ1n) is 16.3. The van der Waals surface area contributed by atoms with Crippen LogP contribution in [0.2, 0.25) is 0 Å². The molecular formula is C40H36BrF2N3O4. The second-order valence-corrected chi connectivity index (χ2v) is 12.9. The molecule has 50 heavy (non-hydrogen) atoms. The molecule has 1 aliphatic heterocycles. The van der Waals surface area contributed by atoms with Gasteiger partial charge < -0.3 is 14.6 Å². The Morgan fingerprint density at radius 1 is 0.840 bits per heavy atom. The molecule has 0 fully saturated rings. The highest BCUT2D eigenvalue weighted by Gasteiger charge is 2.53. The van der Waals surface area contributed by atoms with Crippen LogP contribution in [0.4, 0.5) is 8.78 Å². The molecule has 5 aromatic carbocycles. The van der Waals surface area contributed by atoms with E-state index in [1.807, 2.05) is 91.0 Å². The smallest absolute Gasteiger partial charge is 0.266 e. The standard InChI is InChI=1S/C40H36BrF2N3O4/c41-33-15-7-27(8-16-33)26-40(39(48)46-44-20-19-28-23-34(42)25-35(43)24-28)37(31-11-9-30(10-12-31)29-5-2-1-3-6-29)50-38(45-40)32-13-17-36(18-14-32)49-22-4-21-47/h1-3,5-18,23-25,37,44,47H,4,19-22,26H2,(H,46,48)/t37-,40-/m0/s1. The number of nitrogens with one attached hydrogen (secondary N) is 2. The summed E-state index contributed by atoms with van der Waals surface area (Å²) in [6.45, 7) is 0.637. The quantitative estimate of drug-likeness (QED) is 0.0810. The first-order valence-corrected chi connectivity index (χ1v) is 17.1. The zero-order valence-electron chi connectivity index (χ0n) is 27.1. The molecule has 0 radical (unpaired) electrons. The number of aliphatic hydroxyl groups is 1. The molecule has 2 atom stereocenters. The molecule has 6 rings (SSSR count). The van der Waals surface area contributed by atoms with Crippen molar-refractivity contribution >= 4 is 27.7 Å². The van der Waals surface area contributed by atoms with E-state index in [0.29, 0.717) is 35.8 Å². The Morgan fingerprint density at radius 3 is 2.18 bits per heavy atom. The number of rotatable bonds is 14. The van der Waals surface area contributed by atoms with Crippen molar-refractivity contribution in [3.63, 3.8) is 0 Å². The number of hydrogen-bond acceptors (Lipinski definition) is 6. The Labute approximate surface area is 298 Å². The summed E-state index contributed by atoms with van der Waals surface area (Å²) in [5.41, 5.74) is 9.15. The monoisotopic (exact) mass is 739 g/mol. The first-order chi connectivity index (χ1) is 24.3. The van der Waals surface area contributed by atoms with Gasteiger partial charge in [-0.3, -0.25) is 10.2 Å². The first kappa shape index (κ1) is 34.9. The molecular weight excluding hydrogens is 704 g/mol. The van der Waals surface area contributed by atoms with Gasteiger partial charge in [-0.2, -0.15) is 0 Å². The van der Waals surface area contributed by atoms with Crippen molar-refractivity contribution in [2.75, 3.05) is 19.8 Å². The van der Waals surface area contributed by atoms with Gasteiger partial charge in [-0.05, 0) is 82.8 Å². The van der Waals surface area contributed by atoms with Crippen molar-refractivity contribution in [1.82, 2.24) is 10.9 Å². The minimum absolute atomic E-state index is 0.0389. The van der Waals surface area contributed by atoms with Crippen molar-refractivity contribution in [2.24, 2.45) is 4.99 Å². The van der Waals surface area contributed by atoms with Crippen molar-refractivity contribution in [1.29, 1.82) is 0 Å². The molecule has 0 bridgehead atoms. The predicted octanol–water partition coefficient (Wildman–Crippen LogP) is 7.52. The van der Waals surface area contributed by atoms with Gasteiger partial charge in [0.15, 0.2) is 11.6 Å². The Bertz CT molecular complexity index is 1900. The van der Waals surface area contributed by atoms with E-state index in [2.05, 4.69) is 26.8 Å². The van der Waals surface area contributed by atoms with Gasteiger partial charge >= 0.3 is 0 Å². The highest BCUT2D eigenvalue weighted by Crippen LogP contribution is 2.43. The van der Waals surface area contributed by atoms with Crippen LogP contribution in [0.1, 0.15) is 34.8 Å². The Kier molecular flexibility index (Phi) is 11.3. The summed E-state index contributed by atoms with van der Waals surface area (Å²) < 4.78 is 40.8. The van der Waals surface area contributed by atoms with Crippen LogP contribution in [0.25, 0.3) is 11.1 Å². The zero-order valence-corrected chi connectivity index (χ0v) is 28.7. The van der Waals surface area contributed by atoms with Gasteiger partial charge in [-0.25, -0.2) is 19.2 Å². The molecule has 256 valence electrons. The summed E-state index contributed by atoms with van der Waals surface area (Å²) in [7, 11) is 0. The molecule has 10 heteroatoms. The minimum Gasteiger partial charge on any atom is -0.494 e. The van der Waals surface area contributed by atoms with E-state index in [1.54, 1.807) is 12.1 Å². The molecule has 1 heterocycles. The van der Waals surface area contributed by atoms with Gasteiger partial charge in [0.25, 0.3) is 5.91 Å². The molecule has 0 unspecified atom stereocenters. The van der Waals surface area contributed by atoms with E-state index < -0.39 is 29.2 Å². The van der Waals surface area contributed by atoms with Crippen LogP contribution < -0.4 is 15.6 Å². The highest BCUT2D eigenvalue weighted by molar-refractivity contribution is 9.10. The fourth-order valence-corrected chi connectivity index (χ4v) is 6.15. The molecule has 7 nitrogen and oxygen atoms in total. The predicted molar refractivity (Wildman–Crippen MR) is 193 cm³/mol. The van der Waals surface area contributed by atoms with E-state index in [-0.39, 0.29) is 26.0 Å². The number of carbonyl (C=O) groups excluding carboxylic acids is 1. The van der Waals surface area contributed by atoms with Crippen LogP contribution in [0.15, 0.2) is 131 Å². The molecule has 0 aliphatic carbocycles. The normalized spacial score (nSPS) is 16.8. The van der Waals surface area contributed by atoms with Crippen LogP contribution in [-0.4, -0.2) is 42.2 Å². The fourth-order valence-electron chi connectivity index (χ4n) is 5.89. The molecule has 1 amide bonds. The van der Waals surface area contributed by atoms with Crippen molar-refractivity contribution in [3.05, 3.63) is 160 Å².